The molecule has 2 aromatic heterocycles. The number of rotatable bonds is 4. The molecule has 0 saturated heterocycles. The van der Waals surface area contributed by atoms with Crippen LogP contribution >= 0.6 is 0 Å². The molecule has 5 nitrogen and oxygen atoms in total. The molecule has 2 heterocycles. The van der Waals surface area contributed by atoms with Gasteiger partial charge in [-0.1, -0.05) is 30.3 Å². The average Bonchev–Trinajstić information content (AvgIpc) is 3.11. The van der Waals surface area contributed by atoms with Crippen molar-refractivity contribution in [1.29, 1.82) is 0 Å². The van der Waals surface area contributed by atoms with E-state index in [2.05, 4.69) is 10.1 Å². The number of nitrogens with zero attached hydrogens (tertiary/aromatic N) is 3. The summed E-state index contributed by atoms with van der Waals surface area (Å²) >= 11 is 0. The lowest BCUT2D eigenvalue weighted by Gasteiger charge is -2.05. The minimum atomic E-state index is -0.0648. The Morgan fingerprint density at radius 3 is 2.67 bits per heavy atom. The van der Waals surface area contributed by atoms with Crippen LogP contribution < -0.4 is 5.73 Å². The van der Waals surface area contributed by atoms with Crippen LogP contribution in [0.4, 0.5) is 5.69 Å². The Balaban J connectivity index is 1.70. The number of hydrogen-bond acceptors (Lipinski definition) is 4. The third-order valence-corrected chi connectivity index (χ3v) is 4.48. The molecule has 0 unspecified atom stereocenters. The lowest BCUT2D eigenvalue weighted by atomic mass is 10.0. The summed E-state index contributed by atoms with van der Waals surface area (Å²) in [6, 6.07) is 16.7. The number of hydrogen-bond donors (Lipinski definition) is 1. The van der Waals surface area contributed by atoms with Gasteiger partial charge in [0, 0.05) is 34.6 Å². The highest BCUT2D eigenvalue weighted by Gasteiger charge is 2.12. The van der Waals surface area contributed by atoms with Crippen LogP contribution in [-0.4, -0.2) is 20.5 Å². The number of carbonyl (C=O) groups is 1. The summed E-state index contributed by atoms with van der Waals surface area (Å²) in [5.41, 5.74) is 10.4. The van der Waals surface area contributed by atoms with Gasteiger partial charge in [-0.2, -0.15) is 5.10 Å². The van der Waals surface area contributed by atoms with Crippen LogP contribution in [0.3, 0.4) is 0 Å². The first-order valence-electron chi connectivity index (χ1n) is 8.59. The number of nitrogens with two attached hydrogens (primary N) is 1. The van der Waals surface area contributed by atoms with E-state index in [9.17, 15) is 4.79 Å². The van der Waals surface area contributed by atoms with Crippen molar-refractivity contribution in [2.75, 3.05) is 5.73 Å². The number of carbonyl (C=O) groups excluding carboxylic acids is 1. The summed E-state index contributed by atoms with van der Waals surface area (Å²) in [7, 11) is 0. The smallest absolute Gasteiger partial charge is 0.193 e. The molecule has 5 heteroatoms. The van der Waals surface area contributed by atoms with Crippen LogP contribution in [0, 0.1) is 6.92 Å². The number of benzene rings is 2. The van der Waals surface area contributed by atoms with Crippen molar-refractivity contribution < 1.29 is 4.79 Å². The van der Waals surface area contributed by atoms with Gasteiger partial charge in [-0.15, -0.1) is 0 Å². The van der Waals surface area contributed by atoms with E-state index in [4.69, 9.17) is 5.73 Å². The van der Waals surface area contributed by atoms with Crippen LogP contribution in [-0.2, 0) is 0 Å². The van der Waals surface area contributed by atoms with Crippen LogP contribution in [0.25, 0.3) is 23.2 Å². The highest BCUT2D eigenvalue weighted by molar-refractivity contribution is 6.11. The summed E-state index contributed by atoms with van der Waals surface area (Å²) in [6.07, 6.45) is 7.23. The standard InChI is InChI=1S/C22H18N4O/c1-15-5-6-16(12-20(15)23)22(27)17-7-8-18-14-25-26(21(18)13-17)11-9-19-4-2-3-10-24-19/h2-14H,23H2,1H3. The van der Waals surface area contributed by atoms with Gasteiger partial charge in [-0.25, -0.2) is 4.68 Å². The molecule has 4 aromatic rings. The van der Waals surface area contributed by atoms with Crippen LogP contribution in [0.1, 0.15) is 27.2 Å². The average molecular weight is 354 g/mol. The predicted octanol–water partition coefficient (Wildman–Crippen LogP) is 4.18. The second-order valence-electron chi connectivity index (χ2n) is 6.33. The second-order valence-corrected chi connectivity index (χ2v) is 6.33. The topological polar surface area (TPSA) is 73.8 Å². The molecule has 0 bridgehead atoms. The Kier molecular flexibility index (Phi) is 4.26. The molecule has 0 aliphatic rings. The first-order valence-corrected chi connectivity index (χ1v) is 8.59. The van der Waals surface area contributed by atoms with Crippen molar-refractivity contribution in [3.8, 4) is 0 Å². The van der Waals surface area contributed by atoms with Crippen molar-refractivity contribution in [2.24, 2.45) is 0 Å². The first kappa shape index (κ1) is 16.7. The molecule has 0 fully saturated rings. The normalized spacial score (nSPS) is 11.3. The molecule has 4 rings (SSSR count). The maximum absolute atomic E-state index is 12.9. The molecule has 0 radical (unpaired) electrons. The zero-order chi connectivity index (χ0) is 18.8. The van der Waals surface area contributed by atoms with Crippen molar-refractivity contribution in [1.82, 2.24) is 14.8 Å². The summed E-state index contributed by atoms with van der Waals surface area (Å²) in [4.78, 5) is 17.1. The Morgan fingerprint density at radius 1 is 1.07 bits per heavy atom. The van der Waals surface area contributed by atoms with E-state index in [1.807, 2.05) is 61.7 Å². The molecule has 0 saturated carbocycles. The minimum absolute atomic E-state index is 0.0648. The summed E-state index contributed by atoms with van der Waals surface area (Å²) in [6.45, 7) is 1.92. The Morgan fingerprint density at radius 2 is 1.89 bits per heavy atom. The molecule has 0 spiro atoms. The number of anilines is 1. The monoisotopic (exact) mass is 354 g/mol. The van der Waals surface area contributed by atoms with Gasteiger partial charge >= 0.3 is 0 Å². The molecule has 27 heavy (non-hydrogen) atoms. The number of nitrogen functional groups attached to an aromatic ring is 1. The molecular formula is C22H18N4O. The zero-order valence-corrected chi connectivity index (χ0v) is 14.8. The molecule has 0 atom stereocenters. The highest BCUT2D eigenvalue weighted by atomic mass is 16.1. The van der Waals surface area contributed by atoms with E-state index in [-0.39, 0.29) is 5.78 Å². The molecule has 0 aliphatic heterocycles. The lowest BCUT2D eigenvalue weighted by molar-refractivity contribution is 0.103. The van der Waals surface area contributed by atoms with Crippen molar-refractivity contribution >= 4 is 34.6 Å². The van der Waals surface area contributed by atoms with E-state index in [0.29, 0.717) is 16.8 Å². The van der Waals surface area contributed by atoms with Gasteiger partial charge in [-0.3, -0.25) is 9.78 Å². The summed E-state index contributed by atoms with van der Waals surface area (Å²) < 4.78 is 1.74. The SMILES string of the molecule is Cc1ccc(C(=O)c2ccc3cnn(C=Cc4ccccn4)c3c2)cc1N. The predicted molar refractivity (Wildman–Crippen MR) is 108 cm³/mol. The van der Waals surface area contributed by atoms with Gasteiger partial charge in [0.1, 0.15) is 0 Å². The van der Waals surface area contributed by atoms with E-state index < -0.39 is 0 Å². The molecule has 132 valence electrons. The fraction of sp³-hybridized carbons (Fsp3) is 0.0455. The van der Waals surface area contributed by atoms with Gasteiger partial charge in [0.2, 0.25) is 0 Å². The number of aromatic nitrogens is 3. The van der Waals surface area contributed by atoms with Gasteiger partial charge < -0.3 is 5.73 Å². The van der Waals surface area contributed by atoms with Crippen LogP contribution in [0.2, 0.25) is 0 Å². The quantitative estimate of drug-likeness (QED) is 0.441. The maximum atomic E-state index is 12.9. The number of pyridine rings is 1. The minimum Gasteiger partial charge on any atom is -0.398 e. The summed E-state index contributed by atoms with van der Waals surface area (Å²) in [5, 5.41) is 5.34. The first-order chi connectivity index (χ1) is 13.1. The second kappa shape index (κ2) is 6.88. The molecule has 2 aromatic carbocycles. The van der Waals surface area contributed by atoms with Gasteiger partial charge in [0.15, 0.2) is 5.78 Å². The highest BCUT2D eigenvalue weighted by Crippen LogP contribution is 2.21. The van der Waals surface area contributed by atoms with Gasteiger partial charge in [0.05, 0.1) is 17.4 Å². The van der Waals surface area contributed by atoms with Crippen LogP contribution in [0.5, 0.6) is 0 Å². The number of fused-ring (bicyclic) bond motifs is 1. The van der Waals surface area contributed by atoms with Crippen molar-refractivity contribution in [2.45, 2.75) is 6.92 Å². The molecule has 2 N–H and O–H groups in total. The van der Waals surface area contributed by atoms with Crippen molar-refractivity contribution in [3.63, 3.8) is 0 Å². The molecule has 0 aliphatic carbocycles. The third kappa shape index (κ3) is 3.35. The van der Waals surface area contributed by atoms with Gasteiger partial charge in [-0.05, 0) is 42.8 Å². The summed E-state index contributed by atoms with van der Waals surface area (Å²) in [5.74, 6) is -0.0648. The Hall–Kier alpha value is -3.73. The van der Waals surface area contributed by atoms with E-state index in [1.54, 1.807) is 29.2 Å². The van der Waals surface area contributed by atoms with Gasteiger partial charge in [0.25, 0.3) is 0 Å². The fourth-order valence-electron chi connectivity index (χ4n) is 2.87. The molecule has 0 amide bonds. The lowest BCUT2D eigenvalue weighted by Crippen LogP contribution is -2.03. The van der Waals surface area contributed by atoms with E-state index >= 15 is 0 Å². The largest absolute Gasteiger partial charge is 0.398 e. The van der Waals surface area contributed by atoms with Crippen molar-refractivity contribution in [3.05, 3.63) is 89.4 Å². The maximum Gasteiger partial charge on any atom is 0.193 e. The third-order valence-electron chi connectivity index (χ3n) is 4.48. The Labute approximate surface area is 156 Å². The number of ketones is 1. The molecular weight excluding hydrogens is 336 g/mol. The zero-order valence-electron chi connectivity index (χ0n) is 14.8. The van der Waals surface area contributed by atoms with Crippen LogP contribution in [0.15, 0.2) is 67.0 Å². The van der Waals surface area contributed by atoms with E-state index in [1.165, 1.54) is 0 Å². The Bertz CT molecular complexity index is 1160. The van der Waals surface area contributed by atoms with E-state index in [0.717, 1.165) is 22.2 Å². The number of aryl methyl sites for hydroxylation is 1. The fourth-order valence-corrected chi connectivity index (χ4v) is 2.87.